The Bertz CT molecular complexity index is 562. The number of rotatable bonds is 4. The second-order valence-electron chi connectivity index (χ2n) is 3.78. The Morgan fingerprint density at radius 1 is 0.895 bits per heavy atom. The highest BCUT2D eigenvalue weighted by atomic mass is 79.9. The zero-order chi connectivity index (χ0) is 13.8. The molecule has 0 amide bonds. The van der Waals surface area contributed by atoms with Crippen LogP contribution in [0, 0.1) is 0 Å². The molecule has 0 radical (unpaired) electrons. The van der Waals surface area contributed by atoms with E-state index in [2.05, 4.69) is 20.9 Å². The minimum atomic E-state index is 0.585. The van der Waals surface area contributed by atoms with E-state index in [9.17, 15) is 0 Å². The van der Waals surface area contributed by atoms with E-state index in [0.717, 1.165) is 15.7 Å². The smallest absolute Gasteiger partial charge is 0.203 e. The van der Waals surface area contributed by atoms with Crippen molar-refractivity contribution in [3.63, 3.8) is 0 Å². The molecule has 100 valence electrons. The monoisotopic (exact) mass is 323 g/mol. The minimum absolute atomic E-state index is 0.585. The summed E-state index contributed by atoms with van der Waals surface area (Å²) in [5.74, 6) is 1.84. The first-order valence-electron chi connectivity index (χ1n) is 5.61. The van der Waals surface area contributed by atoms with Gasteiger partial charge in [-0.2, -0.15) is 0 Å². The van der Waals surface area contributed by atoms with Crippen molar-refractivity contribution < 1.29 is 14.2 Å². The normalized spacial score (nSPS) is 10.1. The van der Waals surface area contributed by atoms with Gasteiger partial charge in [0.05, 0.1) is 21.3 Å². The molecule has 0 spiro atoms. The molecule has 0 aliphatic rings. The van der Waals surface area contributed by atoms with Crippen LogP contribution in [0.1, 0.15) is 0 Å². The lowest BCUT2D eigenvalue weighted by Gasteiger charge is -2.14. The first-order chi connectivity index (χ1) is 9.19. The molecule has 1 heterocycles. The van der Waals surface area contributed by atoms with Gasteiger partial charge in [0.15, 0.2) is 11.5 Å². The van der Waals surface area contributed by atoms with Gasteiger partial charge in [0.1, 0.15) is 4.60 Å². The summed E-state index contributed by atoms with van der Waals surface area (Å²) in [6.45, 7) is 0. The fourth-order valence-electron chi connectivity index (χ4n) is 1.83. The lowest BCUT2D eigenvalue weighted by Crippen LogP contribution is -1.95. The lowest BCUT2D eigenvalue weighted by molar-refractivity contribution is 0.324. The third-order valence-corrected chi connectivity index (χ3v) is 3.16. The van der Waals surface area contributed by atoms with Crippen LogP contribution >= 0.6 is 15.9 Å². The van der Waals surface area contributed by atoms with E-state index < -0.39 is 0 Å². The first-order valence-corrected chi connectivity index (χ1v) is 6.40. The number of ether oxygens (including phenoxy) is 3. The summed E-state index contributed by atoms with van der Waals surface area (Å²) in [4.78, 5) is 4.11. The molecule has 0 atom stereocenters. The van der Waals surface area contributed by atoms with E-state index in [0.29, 0.717) is 17.2 Å². The number of hydrogen-bond donors (Lipinski definition) is 0. The van der Waals surface area contributed by atoms with Crippen molar-refractivity contribution in [2.45, 2.75) is 0 Å². The average Bonchev–Trinajstić information content (AvgIpc) is 2.45. The number of methoxy groups -OCH3 is 3. The molecule has 2 rings (SSSR count). The first kappa shape index (κ1) is 13.7. The summed E-state index contributed by atoms with van der Waals surface area (Å²) in [5, 5.41) is 0. The summed E-state index contributed by atoms with van der Waals surface area (Å²) in [6.07, 6.45) is 1.74. The molecule has 0 bridgehead atoms. The fraction of sp³-hybridized carbons (Fsp3) is 0.214. The van der Waals surface area contributed by atoms with Crippen molar-refractivity contribution in [2.24, 2.45) is 0 Å². The highest BCUT2D eigenvalue weighted by Gasteiger charge is 2.14. The number of halogens is 1. The van der Waals surface area contributed by atoms with Crippen molar-refractivity contribution in [3.05, 3.63) is 35.1 Å². The zero-order valence-electron chi connectivity index (χ0n) is 10.9. The zero-order valence-corrected chi connectivity index (χ0v) is 12.5. The molecule has 0 aliphatic heterocycles. The van der Waals surface area contributed by atoms with Gasteiger partial charge in [0, 0.05) is 6.20 Å². The maximum Gasteiger partial charge on any atom is 0.203 e. The van der Waals surface area contributed by atoms with Gasteiger partial charge in [-0.05, 0) is 51.3 Å². The van der Waals surface area contributed by atoms with Gasteiger partial charge >= 0.3 is 0 Å². The molecule has 0 unspecified atom stereocenters. The molecule has 0 saturated heterocycles. The van der Waals surface area contributed by atoms with Crippen LogP contribution in [0.25, 0.3) is 11.1 Å². The van der Waals surface area contributed by atoms with Crippen LogP contribution in [-0.4, -0.2) is 26.3 Å². The van der Waals surface area contributed by atoms with Crippen LogP contribution in [0.5, 0.6) is 17.2 Å². The van der Waals surface area contributed by atoms with E-state index in [-0.39, 0.29) is 0 Å². The van der Waals surface area contributed by atoms with Crippen molar-refractivity contribution in [1.29, 1.82) is 0 Å². The Kier molecular flexibility index (Phi) is 4.27. The summed E-state index contributed by atoms with van der Waals surface area (Å²) >= 11 is 3.36. The quantitative estimate of drug-likeness (QED) is 0.807. The van der Waals surface area contributed by atoms with Crippen LogP contribution in [-0.2, 0) is 0 Å². The van der Waals surface area contributed by atoms with Gasteiger partial charge in [-0.15, -0.1) is 0 Å². The van der Waals surface area contributed by atoms with Crippen LogP contribution in [0.15, 0.2) is 35.1 Å². The molecule has 0 saturated carbocycles. The van der Waals surface area contributed by atoms with Crippen molar-refractivity contribution in [2.75, 3.05) is 21.3 Å². The number of hydrogen-bond acceptors (Lipinski definition) is 4. The molecule has 5 heteroatoms. The van der Waals surface area contributed by atoms with E-state index in [1.807, 2.05) is 24.3 Å². The van der Waals surface area contributed by atoms with E-state index >= 15 is 0 Å². The molecule has 19 heavy (non-hydrogen) atoms. The van der Waals surface area contributed by atoms with Crippen LogP contribution in [0.2, 0.25) is 0 Å². The number of aromatic nitrogens is 1. The molecule has 0 N–H and O–H groups in total. The summed E-state index contributed by atoms with van der Waals surface area (Å²) in [5.41, 5.74) is 1.98. The summed E-state index contributed by atoms with van der Waals surface area (Å²) in [7, 11) is 4.79. The standard InChI is InChI=1S/C14H14BrNO3/c1-17-11-6-10(7-12(18-2)14(11)19-3)9-4-5-16-13(15)8-9/h4-8H,1-3H3. The molecular weight excluding hydrogens is 310 g/mol. The fourth-order valence-corrected chi connectivity index (χ4v) is 2.19. The maximum atomic E-state index is 5.34. The summed E-state index contributed by atoms with van der Waals surface area (Å²) < 4.78 is 16.8. The number of benzene rings is 1. The number of nitrogens with zero attached hydrogens (tertiary/aromatic N) is 1. The van der Waals surface area contributed by atoms with Crippen LogP contribution in [0.4, 0.5) is 0 Å². The van der Waals surface area contributed by atoms with Crippen LogP contribution < -0.4 is 14.2 Å². The van der Waals surface area contributed by atoms with Gasteiger partial charge in [-0.25, -0.2) is 4.98 Å². The van der Waals surface area contributed by atoms with Gasteiger partial charge in [0.25, 0.3) is 0 Å². The Labute approximate surface area is 120 Å². The highest BCUT2D eigenvalue weighted by Crippen LogP contribution is 2.41. The molecule has 0 aliphatic carbocycles. The Morgan fingerprint density at radius 3 is 2.00 bits per heavy atom. The van der Waals surface area contributed by atoms with Crippen molar-refractivity contribution in [3.8, 4) is 28.4 Å². The lowest BCUT2D eigenvalue weighted by atomic mass is 10.1. The predicted octanol–water partition coefficient (Wildman–Crippen LogP) is 3.54. The average molecular weight is 324 g/mol. The molecule has 1 aromatic carbocycles. The second-order valence-corrected chi connectivity index (χ2v) is 4.59. The largest absolute Gasteiger partial charge is 0.493 e. The predicted molar refractivity (Wildman–Crippen MR) is 77.0 cm³/mol. The van der Waals surface area contributed by atoms with Gasteiger partial charge in [0.2, 0.25) is 5.75 Å². The molecule has 2 aromatic rings. The Morgan fingerprint density at radius 2 is 1.53 bits per heavy atom. The van der Waals surface area contributed by atoms with Gasteiger partial charge in [-0.3, -0.25) is 0 Å². The molecule has 4 nitrogen and oxygen atoms in total. The molecular formula is C14H14BrNO3. The Balaban J connectivity index is 2.59. The summed E-state index contributed by atoms with van der Waals surface area (Å²) in [6, 6.07) is 7.67. The van der Waals surface area contributed by atoms with E-state index in [4.69, 9.17) is 14.2 Å². The molecule has 0 fully saturated rings. The Hall–Kier alpha value is -1.75. The maximum absolute atomic E-state index is 5.34. The van der Waals surface area contributed by atoms with Crippen molar-refractivity contribution >= 4 is 15.9 Å². The number of pyridine rings is 1. The third-order valence-electron chi connectivity index (χ3n) is 2.72. The van der Waals surface area contributed by atoms with Crippen LogP contribution in [0.3, 0.4) is 0 Å². The van der Waals surface area contributed by atoms with Gasteiger partial charge < -0.3 is 14.2 Å². The SMILES string of the molecule is COc1cc(-c2ccnc(Br)c2)cc(OC)c1OC. The van der Waals surface area contributed by atoms with Crippen molar-refractivity contribution in [1.82, 2.24) is 4.98 Å². The molecule has 1 aromatic heterocycles. The topological polar surface area (TPSA) is 40.6 Å². The second kappa shape index (κ2) is 5.93. The van der Waals surface area contributed by atoms with Gasteiger partial charge in [-0.1, -0.05) is 0 Å². The minimum Gasteiger partial charge on any atom is -0.493 e. The third kappa shape index (κ3) is 2.81. The van der Waals surface area contributed by atoms with E-state index in [1.165, 1.54) is 0 Å². The highest BCUT2D eigenvalue weighted by molar-refractivity contribution is 9.10. The van der Waals surface area contributed by atoms with E-state index in [1.54, 1.807) is 27.5 Å².